The minimum Gasteiger partial charge on any atom is -0.484 e. The molecular formula is C19H24FN5O2. The summed E-state index contributed by atoms with van der Waals surface area (Å²) in [6, 6.07) is 5.69. The lowest BCUT2D eigenvalue weighted by Crippen LogP contribution is -2.37. The summed E-state index contributed by atoms with van der Waals surface area (Å²) in [4.78, 5) is 14.3. The third-order valence-corrected chi connectivity index (χ3v) is 5.25. The number of carbonyl (C=O) groups is 1. The molecular weight excluding hydrogens is 349 g/mol. The normalized spacial score (nSPS) is 20.0. The fourth-order valence-electron chi connectivity index (χ4n) is 3.74. The van der Waals surface area contributed by atoms with E-state index in [-0.39, 0.29) is 18.3 Å². The highest BCUT2D eigenvalue weighted by atomic mass is 19.1. The van der Waals surface area contributed by atoms with E-state index in [1.54, 1.807) is 4.90 Å². The van der Waals surface area contributed by atoms with Crippen molar-refractivity contribution in [2.45, 2.75) is 31.7 Å². The summed E-state index contributed by atoms with van der Waals surface area (Å²) in [5.74, 6) is 2.47. The Morgan fingerprint density at radius 1 is 1.22 bits per heavy atom. The maximum atomic E-state index is 12.9. The lowest BCUT2D eigenvalue weighted by atomic mass is 9.99. The third-order valence-electron chi connectivity index (χ3n) is 5.25. The zero-order valence-corrected chi connectivity index (χ0v) is 15.2. The fraction of sp³-hybridized carbons (Fsp3) is 0.526. The maximum Gasteiger partial charge on any atom is 0.260 e. The highest BCUT2D eigenvalue weighted by molar-refractivity contribution is 5.77. The number of nitrogens with one attached hydrogen (secondary N) is 1. The SMILES string of the molecule is O=C(COc1ccc(F)cc1)N1CCc2nnc([C@H]3CCCNC3)n2CC1. The van der Waals surface area contributed by atoms with E-state index in [0.717, 1.165) is 37.6 Å². The summed E-state index contributed by atoms with van der Waals surface area (Å²) in [6.07, 6.45) is 2.97. The summed E-state index contributed by atoms with van der Waals surface area (Å²) >= 11 is 0. The molecule has 0 radical (unpaired) electrons. The van der Waals surface area contributed by atoms with Gasteiger partial charge in [0.1, 0.15) is 23.2 Å². The van der Waals surface area contributed by atoms with Crippen LogP contribution in [-0.2, 0) is 17.8 Å². The van der Waals surface area contributed by atoms with E-state index in [2.05, 4.69) is 20.1 Å². The molecule has 144 valence electrons. The van der Waals surface area contributed by atoms with Crippen LogP contribution in [-0.4, -0.2) is 58.4 Å². The predicted octanol–water partition coefficient (Wildman–Crippen LogP) is 1.35. The van der Waals surface area contributed by atoms with Crippen LogP contribution in [0.5, 0.6) is 5.75 Å². The van der Waals surface area contributed by atoms with Crippen LogP contribution in [0.15, 0.2) is 24.3 Å². The quantitative estimate of drug-likeness (QED) is 0.876. The Kier molecular flexibility index (Phi) is 5.33. The molecule has 1 saturated heterocycles. The second-order valence-corrected chi connectivity index (χ2v) is 7.04. The number of ether oxygens (including phenoxy) is 1. The van der Waals surface area contributed by atoms with Gasteiger partial charge in [0.25, 0.3) is 5.91 Å². The Balaban J connectivity index is 1.36. The first-order valence-corrected chi connectivity index (χ1v) is 9.49. The van der Waals surface area contributed by atoms with Gasteiger partial charge in [-0.1, -0.05) is 0 Å². The lowest BCUT2D eigenvalue weighted by Gasteiger charge is -2.23. The average Bonchev–Trinajstić information content (AvgIpc) is 2.99. The molecule has 2 aliphatic heterocycles. The molecule has 0 unspecified atom stereocenters. The number of halogens is 1. The van der Waals surface area contributed by atoms with Crippen LogP contribution in [0, 0.1) is 5.82 Å². The molecule has 7 nitrogen and oxygen atoms in total. The van der Waals surface area contributed by atoms with Gasteiger partial charge in [0.2, 0.25) is 0 Å². The van der Waals surface area contributed by atoms with Crippen molar-refractivity contribution in [1.82, 2.24) is 25.0 Å². The summed E-state index contributed by atoms with van der Waals surface area (Å²) in [7, 11) is 0. The van der Waals surface area contributed by atoms with Gasteiger partial charge in [0.05, 0.1) is 0 Å². The van der Waals surface area contributed by atoms with Crippen molar-refractivity contribution < 1.29 is 13.9 Å². The van der Waals surface area contributed by atoms with Crippen molar-refractivity contribution >= 4 is 5.91 Å². The van der Waals surface area contributed by atoms with Crippen LogP contribution in [0.3, 0.4) is 0 Å². The number of carbonyl (C=O) groups excluding carboxylic acids is 1. The minimum atomic E-state index is -0.326. The van der Waals surface area contributed by atoms with Gasteiger partial charge in [-0.15, -0.1) is 10.2 Å². The first-order valence-electron chi connectivity index (χ1n) is 9.49. The lowest BCUT2D eigenvalue weighted by molar-refractivity contribution is -0.133. The molecule has 0 aliphatic carbocycles. The number of fused-ring (bicyclic) bond motifs is 1. The Morgan fingerprint density at radius 2 is 2.07 bits per heavy atom. The Hall–Kier alpha value is -2.48. The second-order valence-electron chi connectivity index (χ2n) is 7.04. The molecule has 8 heteroatoms. The minimum absolute atomic E-state index is 0.0500. The van der Waals surface area contributed by atoms with Gasteiger partial charge in [-0.05, 0) is 43.7 Å². The number of hydrogen-bond donors (Lipinski definition) is 1. The zero-order valence-electron chi connectivity index (χ0n) is 15.2. The van der Waals surface area contributed by atoms with Crippen LogP contribution < -0.4 is 10.1 Å². The van der Waals surface area contributed by atoms with Crippen LogP contribution in [0.25, 0.3) is 0 Å². The van der Waals surface area contributed by atoms with Crippen molar-refractivity contribution in [2.24, 2.45) is 0 Å². The first-order chi connectivity index (χ1) is 13.2. The van der Waals surface area contributed by atoms with Gasteiger partial charge in [-0.2, -0.15) is 0 Å². The summed E-state index contributed by atoms with van der Waals surface area (Å²) in [5, 5.41) is 12.2. The van der Waals surface area contributed by atoms with Crippen molar-refractivity contribution in [1.29, 1.82) is 0 Å². The van der Waals surface area contributed by atoms with Gasteiger partial charge in [-0.25, -0.2) is 4.39 Å². The molecule has 0 bridgehead atoms. The molecule has 1 aromatic carbocycles. The molecule has 4 rings (SSSR count). The topological polar surface area (TPSA) is 72.3 Å². The molecule has 1 fully saturated rings. The Labute approximate surface area is 157 Å². The average molecular weight is 373 g/mol. The smallest absolute Gasteiger partial charge is 0.260 e. The van der Waals surface area contributed by atoms with Crippen LogP contribution >= 0.6 is 0 Å². The van der Waals surface area contributed by atoms with Gasteiger partial charge in [0, 0.05) is 38.5 Å². The van der Waals surface area contributed by atoms with Gasteiger partial charge in [-0.3, -0.25) is 4.79 Å². The second kappa shape index (κ2) is 8.04. The predicted molar refractivity (Wildman–Crippen MR) is 97.0 cm³/mol. The number of aromatic nitrogens is 3. The highest BCUT2D eigenvalue weighted by Gasteiger charge is 2.26. The van der Waals surface area contributed by atoms with Gasteiger partial charge < -0.3 is 19.5 Å². The number of piperidine rings is 1. The van der Waals surface area contributed by atoms with Crippen molar-refractivity contribution in [3.8, 4) is 5.75 Å². The monoisotopic (exact) mass is 373 g/mol. The molecule has 3 heterocycles. The van der Waals surface area contributed by atoms with E-state index in [1.165, 1.54) is 24.3 Å². The first kappa shape index (κ1) is 17.9. The van der Waals surface area contributed by atoms with E-state index in [1.807, 2.05) is 0 Å². The van der Waals surface area contributed by atoms with E-state index in [0.29, 0.717) is 37.7 Å². The summed E-state index contributed by atoms with van der Waals surface area (Å²) < 4.78 is 20.6. The van der Waals surface area contributed by atoms with Crippen LogP contribution in [0.4, 0.5) is 4.39 Å². The number of nitrogens with zero attached hydrogens (tertiary/aromatic N) is 4. The molecule has 1 atom stereocenters. The third kappa shape index (κ3) is 4.10. The molecule has 2 aliphatic rings. The number of benzene rings is 1. The maximum absolute atomic E-state index is 12.9. The number of hydrogen-bond acceptors (Lipinski definition) is 5. The van der Waals surface area contributed by atoms with E-state index < -0.39 is 0 Å². The van der Waals surface area contributed by atoms with Crippen molar-refractivity contribution in [2.75, 3.05) is 32.8 Å². The van der Waals surface area contributed by atoms with Crippen LogP contribution in [0.2, 0.25) is 0 Å². The largest absolute Gasteiger partial charge is 0.484 e. The number of rotatable bonds is 4. The van der Waals surface area contributed by atoms with E-state index in [9.17, 15) is 9.18 Å². The standard InChI is InChI=1S/C19H24FN5O2/c20-15-3-5-16(6-4-15)27-13-18(26)24-9-7-17-22-23-19(25(17)11-10-24)14-2-1-8-21-12-14/h3-6,14,21H,1-2,7-13H2/t14-/m0/s1. The van der Waals surface area contributed by atoms with E-state index in [4.69, 9.17) is 4.74 Å². The number of amides is 1. The zero-order chi connectivity index (χ0) is 18.6. The van der Waals surface area contributed by atoms with E-state index >= 15 is 0 Å². The molecule has 1 N–H and O–H groups in total. The molecule has 1 amide bonds. The Bertz CT molecular complexity index is 786. The van der Waals surface area contributed by atoms with Gasteiger partial charge in [0.15, 0.2) is 6.61 Å². The summed E-state index contributed by atoms with van der Waals surface area (Å²) in [5.41, 5.74) is 0. The molecule has 1 aromatic heterocycles. The van der Waals surface area contributed by atoms with Crippen LogP contribution in [0.1, 0.15) is 30.4 Å². The summed E-state index contributed by atoms with van der Waals surface area (Å²) in [6.45, 7) is 3.87. The fourth-order valence-corrected chi connectivity index (χ4v) is 3.74. The van der Waals surface area contributed by atoms with Gasteiger partial charge >= 0.3 is 0 Å². The molecule has 2 aromatic rings. The highest BCUT2D eigenvalue weighted by Crippen LogP contribution is 2.23. The molecule has 0 spiro atoms. The molecule has 0 saturated carbocycles. The van der Waals surface area contributed by atoms with Crippen molar-refractivity contribution in [3.63, 3.8) is 0 Å². The Morgan fingerprint density at radius 3 is 2.85 bits per heavy atom. The molecule has 27 heavy (non-hydrogen) atoms. The van der Waals surface area contributed by atoms with Crippen molar-refractivity contribution in [3.05, 3.63) is 41.7 Å².